The minimum absolute atomic E-state index is 0.924. The first kappa shape index (κ1) is 34.6. The van der Waals surface area contributed by atoms with Crippen molar-refractivity contribution in [2.45, 2.75) is 0 Å². The van der Waals surface area contributed by atoms with Crippen molar-refractivity contribution in [1.29, 1.82) is 0 Å². The minimum atomic E-state index is 0.924. The molecular formula is C59H37N3. The molecule has 3 nitrogen and oxygen atoms in total. The van der Waals surface area contributed by atoms with Gasteiger partial charge in [0, 0.05) is 38.5 Å². The van der Waals surface area contributed by atoms with E-state index in [0.717, 1.165) is 39.2 Å². The average Bonchev–Trinajstić information content (AvgIpc) is 3.91. The second kappa shape index (κ2) is 13.6. The lowest BCUT2D eigenvalue weighted by atomic mass is 9.86. The van der Waals surface area contributed by atoms with Crippen LogP contribution in [0, 0.1) is 0 Å². The van der Waals surface area contributed by atoms with Gasteiger partial charge in [-0.1, -0.05) is 188 Å². The van der Waals surface area contributed by atoms with Crippen LogP contribution in [0.2, 0.25) is 0 Å². The van der Waals surface area contributed by atoms with Crippen LogP contribution in [0.1, 0.15) is 0 Å². The highest BCUT2D eigenvalue weighted by molar-refractivity contribution is 6.25. The van der Waals surface area contributed by atoms with Gasteiger partial charge in [0.25, 0.3) is 0 Å². The third-order valence-corrected chi connectivity index (χ3v) is 12.9. The molecule has 0 atom stereocenters. The first-order chi connectivity index (χ1) is 30.8. The maximum Gasteiger partial charge on any atom is 0.145 e. The van der Waals surface area contributed by atoms with Crippen LogP contribution in [-0.4, -0.2) is 14.1 Å². The van der Waals surface area contributed by atoms with Crippen LogP contribution in [0.4, 0.5) is 0 Å². The van der Waals surface area contributed by atoms with Crippen LogP contribution in [0.3, 0.4) is 0 Å². The molecular weight excluding hydrogens is 751 g/mol. The van der Waals surface area contributed by atoms with E-state index in [1.54, 1.807) is 0 Å². The van der Waals surface area contributed by atoms with Crippen molar-refractivity contribution in [3.05, 3.63) is 224 Å². The fourth-order valence-corrected chi connectivity index (χ4v) is 10.3. The number of benzene rings is 11. The molecule has 0 aliphatic rings. The molecule has 0 fully saturated rings. The van der Waals surface area contributed by atoms with Crippen LogP contribution in [0.25, 0.3) is 121 Å². The molecule has 0 unspecified atom stereocenters. The van der Waals surface area contributed by atoms with Crippen molar-refractivity contribution < 1.29 is 0 Å². The van der Waals surface area contributed by atoms with Gasteiger partial charge in [-0.2, -0.15) is 0 Å². The number of fused-ring (bicyclic) bond motifs is 11. The van der Waals surface area contributed by atoms with Crippen molar-refractivity contribution >= 4 is 75.9 Å². The predicted octanol–water partition coefficient (Wildman–Crippen LogP) is 15.7. The Hall–Kier alpha value is -8.27. The van der Waals surface area contributed by atoms with Crippen LogP contribution in [0.15, 0.2) is 224 Å². The molecule has 288 valence electrons. The summed E-state index contributed by atoms with van der Waals surface area (Å²) in [6, 6.07) is 81.5. The van der Waals surface area contributed by atoms with Gasteiger partial charge in [-0.05, 0) is 91.0 Å². The van der Waals surface area contributed by atoms with Crippen LogP contribution < -0.4 is 0 Å². The van der Waals surface area contributed by atoms with Crippen molar-refractivity contribution in [1.82, 2.24) is 14.1 Å². The fourth-order valence-electron chi connectivity index (χ4n) is 10.3. The maximum absolute atomic E-state index is 5.51. The summed E-state index contributed by atoms with van der Waals surface area (Å²) >= 11 is 0. The van der Waals surface area contributed by atoms with Gasteiger partial charge in [0.05, 0.1) is 22.1 Å². The zero-order chi connectivity index (χ0) is 40.7. The predicted molar refractivity (Wildman–Crippen MR) is 262 cm³/mol. The molecule has 0 amide bonds. The second-order valence-electron chi connectivity index (χ2n) is 16.2. The largest absolute Gasteiger partial charge is 0.309 e. The Morgan fingerprint density at radius 2 is 0.710 bits per heavy atom. The van der Waals surface area contributed by atoms with E-state index in [1.165, 1.54) is 81.8 Å². The highest BCUT2D eigenvalue weighted by atomic mass is 15.1. The van der Waals surface area contributed by atoms with Gasteiger partial charge in [-0.25, -0.2) is 4.98 Å². The van der Waals surface area contributed by atoms with Crippen molar-refractivity contribution in [3.8, 4) is 45.0 Å². The number of rotatable bonds is 5. The van der Waals surface area contributed by atoms with E-state index < -0.39 is 0 Å². The van der Waals surface area contributed by atoms with E-state index in [9.17, 15) is 0 Å². The van der Waals surface area contributed by atoms with Crippen LogP contribution in [0.5, 0.6) is 0 Å². The molecule has 2 heterocycles. The molecule has 0 saturated heterocycles. The lowest BCUT2D eigenvalue weighted by molar-refractivity contribution is 1.11. The standard InChI is InChI=1S/C59H37N3/c1-2-18-41(19-3-1)62-58-52-30-11-5-22-44(52)43-21-4-10-29-51(43)57(58)60-59(62)39-35-33-38(34-36-39)55-47-25-6-8-27-49(47)56(50-28-9-7-26-48(50)55)40-17-16-20-42(37-40)61-53-31-14-12-23-45(53)46-24-13-15-32-54(46)61/h1-37H. The second-order valence-corrected chi connectivity index (χ2v) is 16.2. The molecule has 0 saturated carbocycles. The molecule has 13 rings (SSSR count). The zero-order valence-electron chi connectivity index (χ0n) is 33.7. The molecule has 0 N–H and O–H groups in total. The van der Waals surface area contributed by atoms with Gasteiger partial charge in [-0.15, -0.1) is 0 Å². The van der Waals surface area contributed by atoms with Gasteiger partial charge < -0.3 is 4.57 Å². The van der Waals surface area contributed by atoms with Crippen LogP contribution in [-0.2, 0) is 0 Å². The summed E-state index contributed by atoms with van der Waals surface area (Å²) in [6.45, 7) is 0. The molecule has 0 aliphatic heterocycles. The first-order valence-electron chi connectivity index (χ1n) is 21.3. The monoisotopic (exact) mass is 787 g/mol. The van der Waals surface area contributed by atoms with E-state index >= 15 is 0 Å². The molecule has 0 bridgehead atoms. The summed E-state index contributed by atoms with van der Waals surface area (Å²) in [5, 5.41) is 12.2. The molecule has 0 aliphatic carbocycles. The Bertz CT molecular complexity index is 3800. The Morgan fingerprint density at radius 1 is 0.274 bits per heavy atom. The molecule has 3 heteroatoms. The Kier molecular flexibility index (Phi) is 7.60. The summed E-state index contributed by atoms with van der Waals surface area (Å²) in [4.78, 5) is 5.51. The molecule has 2 aromatic heterocycles. The number of para-hydroxylation sites is 3. The average molecular weight is 788 g/mol. The van der Waals surface area contributed by atoms with Gasteiger partial charge in [0.2, 0.25) is 0 Å². The topological polar surface area (TPSA) is 22.8 Å². The SMILES string of the molecule is c1ccc(-n2c(-c3ccc(-c4c5ccccc5c(-c5cccc(-n6c7ccccc7c7ccccc76)c5)c5ccccc45)cc3)nc3c4ccccc4c4ccccc4c32)cc1. The Balaban J connectivity index is 1.00. The summed E-state index contributed by atoms with van der Waals surface area (Å²) < 4.78 is 4.76. The van der Waals surface area contributed by atoms with Gasteiger partial charge in [-0.3, -0.25) is 4.57 Å². The molecule has 0 radical (unpaired) electrons. The number of hydrogen-bond donors (Lipinski definition) is 0. The van der Waals surface area contributed by atoms with Crippen LogP contribution >= 0.6 is 0 Å². The summed E-state index contributed by atoms with van der Waals surface area (Å²) in [5.74, 6) is 0.924. The molecule has 13 aromatic rings. The Labute approximate surface area is 358 Å². The van der Waals surface area contributed by atoms with Gasteiger partial charge in [0.15, 0.2) is 0 Å². The van der Waals surface area contributed by atoms with E-state index in [0.29, 0.717) is 0 Å². The summed E-state index contributed by atoms with van der Waals surface area (Å²) in [6.07, 6.45) is 0. The molecule has 62 heavy (non-hydrogen) atoms. The number of imidazole rings is 1. The van der Waals surface area contributed by atoms with Crippen molar-refractivity contribution in [2.75, 3.05) is 0 Å². The van der Waals surface area contributed by atoms with Gasteiger partial charge >= 0.3 is 0 Å². The zero-order valence-corrected chi connectivity index (χ0v) is 33.7. The molecule has 0 spiro atoms. The maximum atomic E-state index is 5.51. The third-order valence-electron chi connectivity index (χ3n) is 12.9. The minimum Gasteiger partial charge on any atom is -0.309 e. The highest BCUT2D eigenvalue weighted by Crippen LogP contribution is 2.45. The quantitative estimate of drug-likeness (QED) is 0.126. The molecule has 11 aromatic carbocycles. The smallest absolute Gasteiger partial charge is 0.145 e. The summed E-state index contributed by atoms with van der Waals surface area (Å²) in [5.41, 5.74) is 12.7. The highest BCUT2D eigenvalue weighted by Gasteiger charge is 2.22. The number of hydrogen-bond acceptors (Lipinski definition) is 1. The van der Waals surface area contributed by atoms with E-state index in [4.69, 9.17) is 4.98 Å². The number of nitrogens with zero attached hydrogens (tertiary/aromatic N) is 3. The Morgan fingerprint density at radius 3 is 1.31 bits per heavy atom. The van der Waals surface area contributed by atoms with Crippen molar-refractivity contribution in [2.24, 2.45) is 0 Å². The third kappa shape index (κ3) is 5.09. The van der Waals surface area contributed by atoms with E-state index in [-0.39, 0.29) is 0 Å². The van der Waals surface area contributed by atoms with Gasteiger partial charge in [0.1, 0.15) is 5.82 Å². The lowest BCUT2D eigenvalue weighted by Gasteiger charge is -2.19. The summed E-state index contributed by atoms with van der Waals surface area (Å²) in [7, 11) is 0. The van der Waals surface area contributed by atoms with E-state index in [1.807, 2.05) is 0 Å². The normalized spacial score (nSPS) is 11.9. The van der Waals surface area contributed by atoms with E-state index in [2.05, 4.69) is 234 Å². The first-order valence-corrected chi connectivity index (χ1v) is 21.3. The van der Waals surface area contributed by atoms with Crippen molar-refractivity contribution in [3.63, 3.8) is 0 Å². The number of aromatic nitrogens is 3. The fraction of sp³-hybridized carbons (Fsp3) is 0. The lowest BCUT2D eigenvalue weighted by Crippen LogP contribution is -1.98.